The van der Waals surface area contributed by atoms with E-state index < -0.39 is 0 Å². The van der Waals surface area contributed by atoms with Gasteiger partial charge in [-0.2, -0.15) is 0 Å². The predicted octanol–water partition coefficient (Wildman–Crippen LogP) is 6.62. The first-order chi connectivity index (χ1) is 17.6. The van der Waals surface area contributed by atoms with Crippen molar-refractivity contribution in [3.63, 3.8) is 0 Å². The number of benzene rings is 3. The number of amides is 1. The monoisotopic (exact) mass is 486 g/mol. The van der Waals surface area contributed by atoms with Gasteiger partial charge in [-0.15, -0.1) is 0 Å². The van der Waals surface area contributed by atoms with Gasteiger partial charge in [-0.3, -0.25) is 9.69 Å². The third kappa shape index (κ3) is 4.99. The molecule has 1 saturated carbocycles. The Bertz CT molecular complexity index is 1220. The maximum absolute atomic E-state index is 13.5. The summed E-state index contributed by atoms with van der Waals surface area (Å²) in [7, 11) is 0. The van der Waals surface area contributed by atoms with E-state index in [0.717, 1.165) is 48.8 Å². The van der Waals surface area contributed by atoms with Crippen LogP contribution in [0.5, 0.6) is 5.75 Å². The van der Waals surface area contributed by atoms with E-state index in [1.54, 1.807) is 6.07 Å². The van der Waals surface area contributed by atoms with Crippen LogP contribution in [0.3, 0.4) is 0 Å². The number of nitrogens with zero attached hydrogens (tertiary/aromatic N) is 1. The van der Waals surface area contributed by atoms with Crippen LogP contribution in [0.15, 0.2) is 60.7 Å². The summed E-state index contributed by atoms with van der Waals surface area (Å²) in [4.78, 5) is 15.9. The summed E-state index contributed by atoms with van der Waals surface area (Å²) in [5.74, 6) is 0.514. The third-order valence-corrected chi connectivity index (χ3v) is 8.43. The molecule has 2 bridgehead atoms. The molecule has 1 unspecified atom stereocenters. The average Bonchev–Trinajstić information content (AvgIpc) is 3.12. The number of rotatable bonds is 6. The highest BCUT2D eigenvalue weighted by Gasteiger charge is 2.41. The zero-order valence-corrected chi connectivity index (χ0v) is 20.8. The molecule has 2 aliphatic heterocycles. The van der Waals surface area contributed by atoms with Crippen molar-refractivity contribution in [3.8, 4) is 5.75 Å². The number of para-hydroxylation sites is 1. The van der Waals surface area contributed by atoms with Crippen molar-refractivity contribution < 1.29 is 13.9 Å². The zero-order chi connectivity index (χ0) is 24.5. The lowest BCUT2D eigenvalue weighted by atomic mass is 9.95. The van der Waals surface area contributed by atoms with E-state index in [9.17, 15) is 9.18 Å². The first kappa shape index (κ1) is 23.5. The molecular weight excluding hydrogens is 451 g/mol. The van der Waals surface area contributed by atoms with E-state index >= 15 is 0 Å². The van der Waals surface area contributed by atoms with Crippen molar-refractivity contribution >= 4 is 16.7 Å². The first-order valence-corrected chi connectivity index (χ1v) is 13.6. The Morgan fingerprint density at radius 1 is 0.889 bits per heavy atom. The fourth-order valence-electron chi connectivity index (χ4n) is 6.61. The van der Waals surface area contributed by atoms with Crippen molar-refractivity contribution in [2.75, 3.05) is 0 Å². The average molecular weight is 487 g/mol. The normalized spacial score (nSPS) is 24.6. The molecule has 2 saturated heterocycles. The van der Waals surface area contributed by atoms with Crippen LogP contribution in [0.1, 0.15) is 73.7 Å². The minimum Gasteiger partial charge on any atom is -0.490 e. The molecule has 2 heterocycles. The minimum absolute atomic E-state index is 0.0129. The van der Waals surface area contributed by atoms with Gasteiger partial charge in [0.2, 0.25) is 0 Å². The Kier molecular flexibility index (Phi) is 6.66. The van der Waals surface area contributed by atoms with Gasteiger partial charge in [-0.05, 0) is 98.0 Å². The number of hydrogen-bond acceptors (Lipinski definition) is 3. The first-order valence-electron chi connectivity index (χ1n) is 13.6. The molecule has 5 heteroatoms. The maximum Gasteiger partial charge on any atom is 0.255 e. The largest absolute Gasteiger partial charge is 0.490 e. The quantitative estimate of drug-likeness (QED) is 0.426. The maximum atomic E-state index is 13.5. The topological polar surface area (TPSA) is 41.6 Å². The number of nitrogens with one attached hydrogen (secondary N) is 1. The summed E-state index contributed by atoms with van der Waals surface area (Å²) in [6, 6.07) is 20.2. The number of halogens is 1. The second-order valence-electron chi connectivity index (χ2n) is 10.9. The van der Waals surface area contributed by atoms with Gasteiger partial charge in [0.05, 0.1) is 11.7 Å². The Balaban J connectivity index is 1.10. The van der Waals surface area contributed by atoms with Gasteiger partial charge in [-0.1, -0.05) is 36.8 Å². The molecule has 3 fully saturated rings. The molecule has 0 aromatic heterocycles. The molecule has 1 aliphatic carbocycles. The molecule has 36 heavy (non-hydrogen) atoms. The van der Waals surface area contributed by atoms with Gasteiger partial charge in [0.1, 0.15) is 11.6 Å². The standard InChI is InChI=1S/C31H35FN2O2/c32-24-13-12-22-16-21(10-11-23(22)17-24)20-34-26-14-15-27(34)19-25(18-26)33-31(35)29-8-4-5-9-30(29)36-28-6-2-1-3-7-28/h4-5,8-13,16-17,25-28H,1-3,6-7,14-15,18-20H2,(H,33,35)/t25?,26-,27+. The second kappa shape index (κ2) is 10.2. The SMILES string of the molecule is O=C(NC1C[C@H]2CC[C@@H](C1)N2Cc1ccc2cc(F)ccc2c1)c1ccccc1OC1CCCCC1. The highest BCUT2D eigenvalue weighted by atomic mass is 19.1. The molecule has 6 rings (SSSR count). The van der Waals surface area contributed by atoms with Crippen LogP contribution >= 0.6 is 0 Å². The number of carbonyl (C=O) groups excluding carboxylic acids is 1. The van der Waals surface area contributed by atoms with Crippen molar-refractivity contribution in [1.82, 2.24) is 10.2 Å². The van der Waals surface area contributed by atoms with Gasteiger partial charge >= 0.3 is 0 Å². The van der Waals surface area contributed by atoms with Gasteiger partial charge < -0.3 is 10.1 Å². The number of fused-ring (bicyclic) bond motifs is 3. The number of piperidine rings is 1. The van der Waals surface area contributed by atoms with E-state index in [-0.39, 0.29) is 23.9 Å². The third-order valence-electron chi connectivity index (χ3n) is 8.43. The van der Waals surface area contributed by atoms with Crippen molar-refractivity contribution in [3.05, 3.63) is 77.6 Å². The highest BCUT2D eigenvalue weighted by molar-refractivity contribution is 5.97. The van der Waals surface area contributed by atoms with E-state index in [2.05, 4.69) is 22.3 Å². The van der Waals surface area contributed by atoms with Gasteiger partial charge in [0.15, 0.2) is 0 Å². The van der Waals surface area contributed by atoms with E-state index in [1.165, 1.54) is 43.7 Å². The Labute approximate surface area is 212 Å². The smallest absolute Gasteiger partial charge is 0.255 e. The Hall–Kier alpha value is -2.92. The fourth-order valence-corrected chi connectivity index (χ4v) is 6.61. The Morgan fingerprint density at radius 2 is 1.61 bits per heavy atom. The molecule has 188 valence electrons. The van der Waals surface area contributed by atoms with Crippen LogP contribution < -0.4 is 10.1 Å². The molecule has 3 aliphatic rings. The molecule has 4 nitrogen and oxygen atoms in total. The van der Waals surface area contributed by atoms with Gasteiger partial charge in [-0.25, -0.2) is 4.39 Å². The summed E-state index contributed by atoms with van der Waals surface area (Å²) in [5.41, 5.74) is 1.92. The predicted molar refractivity (Wildman–Crippen MR) is 141 cm³/mol. The molecular formula is C31H35FN2O2. The summed E-state index contributed by atoms with van der Waals surface area (Å²) in [5, 5.41) is 5.37. The van der Waals surface area contributed by atoms with Crippen LogP contribution in [0.2, 0.25) is 0 Å². The summed E-state index contributed by atoms with van der Waals surface area (Å²) in [6.45, 7) is 0.904. The van der Waals surface area contributed by atoms with Crippen molar-refractivity contribution in [2.45, 2.75) is 88.6 Å². The zero-order valence-electron chi connectivity index (χ0n) is 20.8. The van der Waals surface area contributed by atoms with Crippen LogP contribution in [-0.2, 0) is 6.54 Å². The summed E-state index contributed by atoms with van der Waals surface area (Å²) in [6.07, 6.45) is 10.4. The van der Waals surface area contributed by atoms with Crippen molar-refractivity contribution in [1.29, 1.82) is 0 Å². The van der Waals surface area contributed by atoms with Crippen molar-refractivity contribution in [2.24, 2.45) is 0 Å². The minimum atomic E-state index is -0.194. The van der Waals surface area contributed by atoms with E-state index in [1.807, 2.05) is 36.4 Å². The lowest BCUT2D eigenvalue weighted by Gasteiger charge is -2.39. The molecule has 0 radical (unpaired) electrons. The molecule has 1 N–H and O–H groups in total. The van der Waals surface area contributed by atoms with Crippen LogP contribution in [0, 0.1) is 5.82 Å². The summed E-state index contributed by atoms with van der Waals surface area (Å²) < 4.78 is 19.8. The Morgan fingerprint density at radius 3 is 2.42 bits per heavy atom. The van der Waals surface area contributed by atoms with Gasteiger partial charge in [0, 0.05) is 24.7 Å². The fraction of sp³-hybridized carbons (Fsp3) is 0.452. The van der Waals surface area contributed by atoms with Gasteiger partial charge in [0.25, 0.3) is 5.91 Å². The molecule has 3 atom stereocenters. The lowest BCUT2D eigenvalue weighted by molar-refractivity contribution is 0.0819. The second-order valence-corrected chi connectivity index (χ2v) is 10.9. The van der Waals surface area contributed by atoms with Crippen LogP contribution in [-0.4, -0.2) is 35.0 Å². The van der Waals surface area contributed by atoms with E-state index in [0.29, 0.717) is 17.6 Å². The number of carbonyl (C=O) groups is 1. The van der Waals surface area contributed by atoms with Crippen LogP contribution in [0.4, 0.5) is 4.39 Å². The molecule has 3 aromatic rings. The highest BCUT2D eigenvalue weighted by Crippen LogP contribution is 2.37. The van der Waals surface area contributed by atoms with E-state index in [4.69, 9.17) is 4.74 Å². The number of ether oxygens (including phenoxy) is 1. The summed E-state index contributed by atoms with van der Waals surface area (Å²) >= 11 is 0. The lowest BCUT2D eigenvalue weighted by Crippen LogP contribution is -2.50. The molecule has 3 aromatic carbocycles. The number of hydrogen-bond donors (Lipinski definition) is 1. The van der Waals surface area contributed by atoms with Crippen LogP contribution in [0.25, 0.3) is 10.8 Å². The molecule has 1 amide bonds. The molecule has 0 spiro atoms.